The summed E-state index contributed by atoms with van der Waals surface area (Å²) in [6.45, 7) is 2.89. The van der Waals surface area contributed by atoms with Crippen molar-refractivity contribution in [2.45, 2.75) is 19.9 Å². The van der Waals surface area contributed by atoms with Crippen molar-refractivity contribution in [2.75, 3.05) is 13.7 Å². The highest BCUT2D eigenvalue weighted by Gasteiger charge is 2.10. The average Bonchev–Trinajstić information content (AvgIpc) is 2.23. The molecule has 0 spiro atoms. The van der Waals surface area contributed by atoms with E-state index in [9.17, 15) is 9.59 Å². The molecule has 88 valence electrons. The first-order valence-corrected chi connectivity index (χ1v) is 5.33. The molecule has 5 heteroatoms. The van der Waals surface area contributed by atoms with Crippen LogP contribution in [0.15, 0.2) is 10.9 Å². The summed E-state index contributed by atoms with van der Waals surface area (Å²) >= 11 is 5.80. The highest BCUT2D eigenvalue weighted by Crippen LogP contribution is 2.12. The zero-order chi connectivity index (χ0) is 12.1. The fourth-order valence-corrected chi connectivity index (χ4v) is 1.78. The van der Waals surface area contributed by atoms with Crippen molar-refractivity contribution in [3.63, 3.8) is 0 Å². The summed E-state index contributed by atoms with van der Waals surface area (Å²) in [5.74, 6) is 0. The summed E-state index contributed by atoms with van der Waals surface area (Å²) in [6, 6.07) is 1.62. The fraction of sp³-hybridized carbons (Fsp3) is 0.455. The summed E-state index contributed by atoms with van der Waals surface area (Å²) in [6.07, 6.45) is 1.22. The molecule has 1 rings (SSSR count). The summed E-state index contributed by atoms with van der Waals surface area (Å²) in [7, 11) is 1.61. The Hall–Kier alpha value is -1.13. The number of nitrogens with zero attached hydrogens (tertiary/aromatic N) is 1. The molecule has 1 aromatic heterocycles. The van der Waals surface area contributed by atoms with E-state index >= 15 is 0 Å². The lowest BCUT2D eigenvalue weighted by molar-refractivity contribution is 0.112. The van der Waals surface area contributed by atoms with Gasteiger partial charge in [-0.2, -0.15) is 0 Å². The molecule has 0 radical (unpaired) electrons. The topological polar surface area (TPSA) is 48.3 Å². The number of aryl methyl sites for hydroxylation is 1. The van der Waals surface area contributed by atoms with E-state index in [-0.39, 0.29) is 16.1 Å². The van der Waals surface area contributed by atoms with Crippen LogP contribution in [0.5, 0.6) is 0 Å². The van der Waals surface area contributed by atoms with Crippen LogP contribution in [0.25, 0.3) is 0 Å². The molecule has 4 nitrogen and oxygen atoms in total. The van der Waals surface area contributed by atoms with Gasteiger partial charge in [0.25, 0.3) is 5.56 Å². The van der Waals surface area contributed by atoms with Crippen LogP contribution in [-0.2, 0) is 11.3 Å². The maximum absolute atomic E-state index is 11.8. The zero-order valence-electron chi connectivity index (χ0n) is 9.33. The van der Waals surface area contributed by atoms with Gasteiger partial charge < -0.3 is 9.30 Å². The molecule has 0 atom stereocenters. The molecule has 0 amide bonds. The number of aldehydes is 1. The summed E-state index contributed by atoms with van der Waals surface area (Å²) < 4.78 is 6.45. The number of methoxy groups -OCH3 is 1. The quantitative estimate of drug-likeness (QED) is 0.584. The second kappa shape index (κ2) is 5.82. The van der Waals surface area contributed by atoms with Crippen LogP contribution in [-0.4, -0.2) is 24.6 Å². The molecule has 0 saturated carbocycles. The van der Waals surface area contributed by atoms with Crippen LogP contribution in [0.1, 0.15) is 22.5 Å². The number of halogens is 1. The Balaban J connectivity index is 3.08. The van der Waals surface area contributed by atoms with Crippen LogP contribution in [0, 0.1) is 6.92 Å². The first-order chi connectivity index (χ1) is 7.61. The average molecular weight is 244 g/mol. The fourth-order valence-electron chi connectivity index (χ4n) is 1.50. The zero-order valence-corrected chi connectivity index (χ0v) is 10.1. The van der Waals surface area contributed by atoms with E-state index in [1.807, 2.05) is 0 Å². The molecule has 0 saturated heterocycles. The second-order valence-electron chi connectivity index (χ2n) is 3.47. The van der Waals surface area contributed by atoms with Gasteiger partial charge >= 0.3 is 0 Å². The Bertz CT molecular complexity index is 440. The van der Waals surface area contributed by atoms with Gasteiger partial charge in [-0.15, -0.1) is 0 Å². The molecule has 0 aliphatic carbocycles. The lowest BCUT2D eigenvalue weighted by atomic mass is 10.2. The second-order valence-corrected chi connectivity index (χ2v) is 3.88. The minimum Gasteiger partial charge on any atom is -0.385 e. The third-order valence-electron chi connectivity index (χ3n) is 2.34. The van der Waals surface area contributed by atoms with Gasteiger partial charge in [-0.05, 0) is 19.4 Å². The van der Waals surface area contributed by atoms with E-state index in [1.165, 1.54) is 4.57 Å². The van der Waals surface area contributed by atoms with Gasteiger partial charge in [-0.3, -0.25) is 9.59 Å². The van der Waals surface area contributed by atoms with Crippen LogP contribution < -0.4 is 5.56 Å². The van der Waals surface area contributed by atoms with Gasteiger partial charge in [0.05, 0.1) is 10.6 Å². The van der Waals surface area contributed by atoms with Crippen LogP contribution >= 0.6 is 11.6 Å². The van der Waals surface area contributed by atoms with Gasteiger partial charge in [0.2, 0.25) is 0 Å². The third-order valence-corrected chi connectivity index (χ3v) is 2.65. The summed E-state index contributed by atoms with van der Waals surface area (Å²) in [5.41, 5.74) is 0.428. The van der Waals surface area contributed by atoms with Crippen molar-refractivity contribution in [1.29, 1.82) is 0 Å². The van der Waals surface area contributed by atoms with Crippen molar-refractivity contribution in [3.05, 3.63) is 32.7 Å². The molecule has 0 fully saturated rings. The van der Waals surface area contributed by atoms with Crippen molar-refractivity contribution in [2.24, 2.45) is 0 Å². The molecule has 0 aromatic carbocycles. The van der Waals surface area contributed by atoms with Crippen molar-refractivity contribution in [3.8, 4) is 0 Å². The number of carbonyl (C=O) groups excluding carboxylic acids is 1. The van der Waals surface area contributed by atoms with Crippen molar-refractivity contribution < 1.29 is 9.53 Å². The monoisotopic (exact) mass is 243 g/mol. The molecule has 0 N–H and O–H groups in total. The van der Waals surface area contributed by atoms with Crippen LogP contribution in [0.2, 0.25) is 5.02 Å². The van der Waals surface area contributed by atoms with E-state index in [0.29, 0.717) is 19.4 Å². The Morgan fingerprint density at radius 1 is 1.56 bits per heavy atom. The SMILES string of the molecule is COCCCn1c(C)cc(Cl)c(C=O)c1=O. The molecule has 1 heterocycles. The first-order valence-electron chi connectivity index (χ1n) is 4.96. The number of hydrogen-bond donors (Lipinski definition) is 0. The van der Waals surface area contributed by atoms with Gasteiger partial charge in [0.15, 0.2) is 6.29 Å². The maximum Gasteiger partial charge on any atom is 0.262 e. The Morgan fingerprint density at radius 2 is 2.25 bits per heavy atom. The normalized spacial score (nSPS) is 10.4. The number of hydrogen-bond acceptors (Lipinski definition) is 3. The smallest absolute Gasteiger partial charge is 0.262 e. The lowest BCUT2D eigenvalue weighted by Crippen LogP contribution is -2.26. The molecule has 0 bridgehead atoms. The third kappa shape index (κ3) is 2.71. The molecule has 0 unspecified atom stereocenters. The van der Waals surface area contributed by atoms with E-state index < -0.39 is 0 Å². The highest BCUT2D eigenvalue weighted by atomic mass is 35.5. The molecule has 0 aliphatic heterocycles. The molecule has 0 aliphatic rings. The Labute approximate surface area is 98.8 Å². The summed E-state index contributed by atoms with van der Waals surface area (Å²) in [4.78, 5) is 22.6. The predicted octanol–water partition coefficient (Wildman–Crippen LogP) is 1.66. The minimum atomic E-state index is -0.337. The minimum absolute atomic E-state index is 0.0182. The molecular weight excluding hydrogens is 230 g/mol. The van der Waals surface area contributed by atoms with Gasteiger partial charge in [-0.1, -0.05) is 11.6 Å². The predicted molar refractivity (Wildman–Crippen MR) is 62.3 cm³/mol. The molecule has 1 aromatic rings. The number of rotatable bonds is 5. The van der Waals surface area contributed by atoms with Crippen molar-refractivity contribution >= 4 is 17.9 Å². The van der Waals surface area contributed by atoms with Gasteiger partial charge in [0.1, 0.15) is 0 Å². The largest absolute Gasteiger partial charge is 0.385 e. The lowest BCUT2D eigenvalue weighted by Gasteiger charge is -2.11. The Kier molecular flexibility index (Phi) is 4.71. The van der Waals surface area contributed by atoms with E-state index in [4.69, 9.17) is 16.3 Å². The van der Waals surface area contributed by atoms with Crippen molar-refractivity contribution in [1.82, 2.24) is 4.57 Å². The molecular formula is C11H14ClNO3. The van der Waals surface area contributed by atoms with E-state index in [1.54, 1.807) is 20.1 Å². The first kappa shape index (κ1) is 12.9. The number of pyridine rings is 1. The molecule has 16 heavy (non-hydrogen) atoms. The van der Waals surface area contributed by atoms with Gasteiger partial charge in [-0.25, -0.2) is 0 Å². The summed E-state index contributed by atoms with van der Waals surface area (Å²) in [5, 5.41) is 0.209. The maximum atomic E-state index is 11.8. The standard InChI is InChI=1S/C11H14ClNO3/c1-8-6-10(12)9(7-14)11(15)13(8)4-3-5-16-2/h6-7H,3-5H2,1-2H3. The highest BCUT2D eigenvalue weighted by molar-refractivity contribution is 6.32. The van der Waals surface area contributed by atoms with E-state index in [0.717, 1.165) is 12.1 Å². The van der Waals surface area contributed by atoms with Gasteiger partial charge in [0, 0.05) is 26.0 Å². The number of aromatic nitrogens is 1. The number of ether oxygens (including phenoxy) is 1. The van der Waals surface area contributed by atoms with Crippen LogP contribution in [0.3, 0.4) is 0 Å². The van der Waals surface area contributed by atoms with Crippen LogP contribution in [0.4, 0.5) is 0 Å². The Morgan fingerprint density at radius 3 is 2.81 bits per heavy atom. The van der Waals surface area contributed by atoms with E-state index in [2.05, 4.69) is 0 Å². The number of carbonyl (C=O) groups is 1.